The van der Waals surface area contributed by atoms with E-state index < -0.39 is 21.5 Å². The van der Waals surface area contributed by atoms with Gasteiger partial charge in [0.25, 0.3) is 10.0 Å². The molecule has 1 aromatic heterocycles. The van der Waals surface area contributed by atoms with Crippen molar-refractivity contribution in [3.8, 4) is 0 Å². The maximum Gasteiger partial charge on any atom is 0.324 e. The second-order valence-electron chi connectivity index (χ2n) is 5.14. The summed E-state index contributed by atoms with van der Waals surface area (Å²) >= 11 is 4.43. The molecule has 1 N–H and O–H groups in total. The van der Waals surface area contributed by atoms with Gasteiger partial charge in [-0.2, -0.15) is 4.31 Å². The summed E-state index contributed by atoms with van der Waals surface area (Å²) in [6.07, 6.45) is 1.75. The highest BCUT2D eigenvalue weighted by molar-refractivity contribution is 9.11. The number of piperidine rings is 1. The van der Waals surface area contributed by atoms with Gasteiger partial charge in [-0.1, -0.05) is 0 Å². The molecule has 0 spiro atoms. The van der Waals surface area contributed by atoms with Gasteiger partial charge in [-0.15, -0.1) is 11.3 Å². The van der Waals surface area contributed by atoms with E-state index in [1.165, 1.54) is 6.92 Å². The smallest absolute Gasteiger partial charge is 0.324 e. The summed E-state index contributed by atoms with van der Waals surface area (Å²) in [6.45, 7) is 3.55. The van der Waals surface area contributed by atoms with E-state index in [0.717, 1.165) is 31.4 Å². The van der Waals surface area contributed by atoms with E-state index in [1.54, 1.807) is 6.07 Å². The number of carboxylic acids is 1. The molecule has 5 nitrogen and oxygen atoms in total. The third kappa shape index (κ3) is 2.54. The van der Waals surface area contributed by atoms with E-state index in [2.05, 4.69) is 15.9 Å². The predicted molar refractivity (Wildman–Crippen MR) is 80.5 cm³/mol. The second-order valence-corrected chi connectivity index (χ2v) is 9.59. The third-order valence-corrected chi connectivity index (χ3v) is 8.27. The fourth-order valence-electron chi connectivity index (χ4n) is 2.36. The molecule has 1 saturated heterocycles. The quantitative estimate of drug-likeness (QED) is 0.873. The Morgan fingerprint density at radius 1 is 1.50 bits per heavy atom. The molecule has 112 valence electrons. The lowest BCUT2D eigenvalue weighted by atomic mass is 9.91. The maximum atomic E-state index is 12.7. The average Bonchev–Trinajstić information content (AvgIpc) is 2.70. The molecule has 2 rings (SSSR count). The summed E-state index contributed by atoms with van der Waals surface area (Å²) < 4.78 is 27.5. The van der Waals surface area contributed by atoms with Gasteiger partial charge in [0, 0.05) is 6.54 Å². The van der Waals surface area contributed by atoms with Crippen LogP contribution in [0, 0.1) is 6.92 Å². The van der Waals surface area contributed by atoms with Crippen LogP contribution < -0.4 is 0 Å². The summed E-state index contributed by atoms with van der Waals surface area (Å²) in [5, 5.41) is 9.43. The van der Waals surface area contributed by atoms with Crippen LogP contribution in [0.1, 0.15) is 31.7 Å². The van der Waals surface area contributed by atoms with E-state index in [-0.39, 0.29) is 10.8 Å². The highest BCUT2D eigenvalue weighted by atomic mass is 79.9. The van der Waals surface area contributed by atoms with E-state index in [4.69, 9.17) is 0 Å². The Bertz CT molecular complexity index is 620. The van der Waals surface area contributed by atoms with Crippen LogP contribution in [0.25, 0.3) is 0 Å². The molecule has 1 aromatic rings. The molecule has 1 unspecified atom stereocenters. The standard InChI is InChI=1S/C12H16BrNO4S2/c1-8-7-9(19-10(8)13)20(17,18)14-6-4-3-5-12(14,2)11(15)16/h7H,3-6H2,1-2H3,(H,15,16). The molecule has 2 heterocycles. The van der Waals surface area contributed by atoms with Crippen LogP contribution in [-0.2, 0) is 14.8 Å². The zero-order chi connectivity index (χ0) is 15.1. The maximum absolute atomic E-state index is 12.7. The van der Waals surface area contributed by atoms with Gasteiger partial charge in [0.1, 0.15) is 9.75 Å². The lowest BCUT2D eigenvalue weighted by Crippen LogP contribution is -2.57. The van der Waals surface area contributed by atoms with Crippen LogP contribution >= 0.6 is 27.3 Å². The molecule has 0 aliphatic carbocycles. The molecule has 1 atom stereocenters. The number of rotatable bonds is 3. The fraction of sp³-hybridized carbons (Fsp3) is 0.583. The average molecular weight is 382 g/mol. The van der Waals surface area contributed by atoms with Crippen molar-refractivity contribution >= 4 is 43.3 Å². The first kappa shape index (κ1) is 15.9. The van der Waals surface area contributed by atoms with Crippen LogP contribution in [0.2, 0.25) is 0 Å². The van der Waals surface area contributed by atoms with E-state index >= 15 is 0 Å². The monoisotopic (exact) mass is 381 g/mol. The predicted octanol–water partition coefficient (Wildman–Crippen LogP) is 2.84. The van der Waals surface area contributed by atoms with Crippen LogP contribution in [0.3, 0.4) is 0 Å². The molecule has 0 radical (unpaired) electrons. The van der Waals surface area contributed by atoms with Gasteiger partial charge in [-0.25, -0.2) is 8.42 Å². The molecule has 0 bridgehead atoms. The number of carboxylic acid groups (broad SMARTS) is 1. The topological polar surface area (TPSA) is 74.7 Å². The number of aryl methyl sites for hydroxylation is 1. The Balaban J connectivity index is 2.49. The summed E-state index contributed by atoms with van der Waals surface area (Å²) in [6, 6.07) is 1.58. The first-order chi connectivity index (χ1) is 9.19. The SMILES string of the molecule is Cc1cc(S(=O)(=O)N2CCCCC2(C)C(=O)O)sc1Br. The molecular formula is C12H16BrNO4S2. The Morgan fingerprint density at radius 2 is 2.15 bits per heavy atom. The Labute approximate surface area is 130 Å². The van der Waals surface area contributed by atoms with Crippen molar-refractivity contribution in [3.63, 3.8) is 0 Å². The van der Waals surface area contributed by atoms with Crippen molar-refractivity contribution in [2.75, 3.05) is 6.54 Å². The Kier molecular flexibility index (Phi) is 4.30. The lowest BCUT2D eigenvalue weighted by molar-refractivity contribution is -0.149. The molecule has 0 amide bonds. The highest BCUT2D eigenvalue weighted by Gasteiger charge is 2.48. The Hall–Kier alpha value is -0.440. The van der Waals surface area contributed by atoms with Gasteiger partial charge in [-0.05, 0) is 60.7 Å². The van der Waals surface area contributed by atoms with Crippen LogP contribution in [0.5, 0.6) is 0 Å². The molecule has 0 aromatic carbocycles. The molecule has 8 heteroatoms. The number of aliphatic carboxylic acids is 1. The largest absolute Gasteiger partial charge is 0.480 e. The zero-order valence-corrected chi connectivity index (χ0v) is 14.4. The number of carbonyl (C=O) groups is 1. The molecule has 1 aliphatic rings. The van der Waals surface area contributed by atoms with Crippen molar-refractivity contribution in [2.24, 2.45) is 0 Å². The molecule has 1 aliphatic heterocycles. The third-order valence-electron chi connectivity index (χ3n) is 3.66. The fourth-order valence-corrected chi connectivity index (χ4v) is 6.51. The normalized spacial score (nSPS) is 24.8. The molecule has 0 saturated carbocycles. The van der Waals surface area contributed by atoms with Crippen molar-refractivity contribution < 1.29 is 18.3 Å². The van der Waals surface area contributed by atoms with Crippen molar-refractivity contribution in [1.82, 2.24) is 4.31 Å². The lowest BCUT2D eigenvalue weighted by Gasteiger charge is -2.39. The number of nitrogens with zero attached hydrogens (tertiary/aromatic N) is 1. The van der Waals surface area contributed by atoms with Gasteiger partial charge in [0.2, 0.25) is 0 Å². The van der Waals surface area contributed by atoms with Crippen molar-refractivity contribution in [3.05, 3.63) is 15.4 Å². The van der Waals surface area contributed by atoms with Gasteiger partial charge >= 0.3 is 5.97 Å². The highest BCUT2D eigenvalue weighted by Crippen LogP contribution is 2.38. The summed E-state index contributed by atoms with van der Waals surface area (Å²) in [5.74, 6) is -1.09. The van der Waals surface area contributed by atoms with E-state index in [1.807, 2.05) is 6.92 Å². The molecular weight excluding hydrogens is 366 g/mol. The summed E-state index contributed by atoms with van der Waals surface area (Å²) in [7, 11) is -3.78. The van der Waals surface area contributed by atoms with Crippen LogP contribution in [0.4, 0.5) is 0 Å². The van der Waals surface area contributed by atoms with Crippen molar-refractivity contribution in [2.45, 2.75) is 42.9 Å². The minimum Gasteiger partial charge on any atom is -0.480 e. The van der Waals surface area contributed by atoms with Gasteiger partial charge in [0.15, 0.2) is 0 Å². The molecule has 20 heavy (non-hydrogen) atoms. The molecule has 1 fully saturated rings. The first-order valence-electron chi connectivity index (χ1n) is 6.22. The second kappa shape index (κ2) is 5.40. The van der Waals surface area contributed by atoms with Gasteiger partial charge in [-0.3, -0.25) is 4.79 Å². The van der Waals surface area contributed by atoms with Crippen molar-refractivity contribution in [1.29, 1.82) is 0 Å². The first-order valence-corrected chi connectivity index (χ1v) is 9.27. The summed E-state index contributed by atoms with van der Waals surface area (Å²) in [5.41, 5.74) is -0.524. The van der Waals surface area contributed by atoms with E-state index in [0.29, 0.717) is 12.8 Å². The van der Waals surface area contributed by atoms with Crippen LogP contribution in [-0.4, -0.2) is 35.9 Å². The number of hydrogen-bond donors (Lipinski definition) is 1. The Morgan fingerprint density at radius 3 is 2.65 bits per heavy atom. The van der Waals surface area contributed by atoms with Crippen LogP contribution in [0.15, 0.2) is 14.1 Å². The summed E-state index contributed by atoms with van der Waals surface area (Å²) in [4.78, 5) is 11.5. The van der Waals surface area contributed by atoms with E-state index in [9.17, 15) is 18.3 Å². The van der Waals surface area contributed by atoms with Gasteiger partial charge in [0.05, 0.1) is 3.79 Å². The number of halogens is 1. The zero-order valence-electron chi connectivity index (χ0n) is 11.2. The minimum absolute atomic E-state index is 0.191. The van der Waals surface area contributed by atoms with Gasteiger partial charge < -0.3 is 5.11 Å². The number of thiophene rings is 1. The number of sulfonamides is 1. The number of hydrogen-bond acceptors (Lipinski definition) is 4. The minimum atomic E-state index is -3.78.